The number of nitrogens with two attached hydrogens (primary N) is 1. The number of carbonyl (C=O) groups excluding carboxylic acids is 2. The van der Waals surface area contributed by atoms with Crippen molar-refractivity contribution in [2.75, 3.05) is 19.8 Å². The molecule has 1 saturated heterocycles. The molecule has 4 aromatic rings. The molecule has 0 spiro atoms. The lowest BCUT2D eigenvalue weighted by Crippen LogP contribution is -2.61. The van der Waals surface area contributed by atoms with Crippen LogP contribution in [0.2, 0.25) is 0 Å². The molecule has 39 heavy (non-hydrogen) atoms. The summed E-state index contributed by atoms with van der Waals surface area (Å²) in [6, 6.07) is 19.7. The topological polar surface area (TPSA) is 131 Å². The second kappa shape index (κ2) is 10.3. The molecular weight excluding hydrogens is 498 g/mol. The molecule has 3 N–H and O–H groups in total. The van der Waals surface area contributed by atoms with Crippen LogP contribution in [0, 0.1) is 0 Å². The fourth-order valence-corrected chi connectivity index (χ4v) is 5.07. The van der Waals surface area contributed by atoms with Crippen molar-refractivity contribution in [3.8, 4) is 22.8 Å². The van der Waals surface area contributed by atoms with E-state index in [0.29, 0.717) is 18.1 Å². The number of hydrogen-bond acceptors (Lipinski definition) is 7. The highest BCUT2D eigenvalue weighted by Gasteiger charge is 2.51. The van der Waals surface area contributed by atoms with Crippen molar-refractivity contribution in [2.45, 2.75) is 24.7 Å². The molecule has 0 saturated carbocycles. The van der Waals surface area contributed by atoms with Gasteiger partial charge in [0.25, 0.3) is 17.6 Å². The van der Waals surface area contributed by atoms with Gasteiger partial charge in [-0.25, -0.2) is 9.67 Å². The van der Waals surface area contributed by atoms with Crippen molar-refractivity contribution in [3.63, 3.8) is 0 Å². The van der Waals surface area contributed by atoms with Crippen LogP contribution in [0.25, 0.3) is 17.1 Å². The Hall–Kier alpha value is -4.54. The smallest absolute Gasteiger partial charge is 0.280 e. The molecule has 0 radical (unpaired) electrons. The van der Waals surface area contributed by atoms with E-state index >= 15 is 0 Å². The predicted molar refractivity (Wildman–Crippen MR) is 141 cm³/mol. The molecular formula is C29H27N5O5. The number of fused-ring (bicyclic) bond motifs is 1. The Balaban J connectivity index is 1.32. The van der Waals surface area contributed by atoms with Gasteiger partial charge in [-0.05, 0) is 41.8 Å². The molecule has 1 fully saturated rings. The summed E-state index contributed by atoms with van der Waals surface area (Å²) in [5.41, 5.74) is 9.61. The van der Waals surface area contributed by atoms with Gasteiger partial charge in [-0.3, -0.25) is 9.59 Å². The molecule has 0 bridgehead atoms. The summed E-state index contributed by atoms with van der Waals surface area (Å²) in [4.78, 5) is 30.7. The fraction of sp³-hybridized carbons (Fsp3) is 0.241. The SMILES string of the molecule is NC(=O)C1(C(Cc2ccccc2)NC(=O)c2cccnc2-n2ccc(-c3cccc4c3OCC4)n2)OCCO1. The van der Waals surface area contributed by atoms with Gasteiger partial charge in [-0.1, -0.05) is 42.5 Å². The normalized spacial score (nSPS) is 16.3. The van der Waals surface area contributed by atoms with Crippen molar-refractivity contribution in [1.29, 1.82) is 0 Å². The summed E-state index contributed by atoms with van der Waals surface area (Å²) in [6.45, 7) is 1.01. The highest BCUT2D eigenvalue weighted by atomic mass is 16.7. The van der Waals surface area contributed by atoms with Crippen LogP contribution >= 0.6 is 0 Å². The highest BCUT2D eigenvalue weighted by Crippen LogP contribution is 2.36. The van der Waals surface area contributed by atoms with Gasteiger partial charge in [0.05, 0.1) is 37.1 Å². The zero-order valence-corrected chi connectivity index (χ0v) is 21.1. The van der Waals surface area contributed by atoms with Gasteiger partial charge in [-0.15, -0.1) is 0 Å². The molecule has 2 aliphatic heterocycles. The predicted octanol–water partition coefficient (Wildman–Crippen LogP) is 2.44. The lowest BCUT2D eigenvalue weighted by atomic mass is 9.97. The number of aromatic nitrogens is 3. The second-order valence-corrected chi connectivity index (χ2v) is 9.36. The maximum atomic E-state index is 13.7. The largest absolute Gasteiger partial charge is 0.492 e. The molecule has 0 aliphatic carbocycles. The molecule has 2 aromatic carbocycles. The molecule has 1 atom stereocenters. The number of nitrogens with one attached hydrogen (secondary N) is 1. The Morgan fingerprint density at radius 2 is 1.82 bits per heavy atom. The van der Waals surface area contributed by atoms with Crippen molar-refractivity contribution < 1.29 is 23.8 Å². The summed E-state index contributed by atoms with van der Waals surface area (Å²) in [6.07, 6.45) is 4.46. The molecule has 198 valence electrons. The van der Waals surface area contributed by atoms with E-state index in [9.17, 15) is 9.59 Å². The molecule has 2 aromatic heterocycles. The Morgan fingerprint density at radius 3 is 2.62 bits per heavy atom. The minimum absolute atomic E-state index is 0.186. The van der Waals surface area contributed by atoms with Crippen molar-refractivity contribution in [3.05, 3.63) is 95.8 Å². The van der Waals surface area contributed by atoms with Crippen LogP contribution in [0.15, 0.2) is 79.1 Å². The molecule has 6 rings (SSSR count). The minimum Gasteiger partial charge on any atom is -0.492 e. The van der Waals surface area contributed by atoms with Gasteiger partial charge in [0.15, 0.2) is 5.82 Å². The monoisotopic (exact) mass is 525 g/mol. The first-order chi connectivity index (χ1) is 19.0. The van der Waals surface area contributed by atoms with Crippen LogP contribution in [0.4, 0.5) is 0 Å². The standard InChI is InChI=1S/C29H27N5O5/c30-28(36)29(38-16-17-39-29)24(18-19-6-2-1-3-7-19)32-27(35)22-10-5-13-31-26(22)34-14-11-23(33-34)21-9-4-8-20-12-15-37-25(20)21/h1-11,13-14,24H,12,15-18H2,(H2,30,36)(H,32,35). The first-order valence-corrected chi connectivity index (χ1v) is 12.7. The lowest BCUT2D eigenvalue weighted by Gasteiger charge is -2.33. The van der Waals surface area contributed by atoms with Crippen LogP contribution in [-0.2, 0) is 27.1 Å². The Labute approximate surface area is 224 Å². The number of nitrogens with zero attached hydrogens (tertiary/aromatic N) is 3. The van der Waals surface area contributed by atoms with E-state index in [4.69, 9.17) is 25.0 Å². The van der Waals surface area contributed by atoms with E-state index in [1.807, 2.05) is 54.6 Å². The van der Waals surface area contributed by atoms with Gasteiger partial charge < -0.3 is 25.3 Å². The van der Waals surface area contributed by atoms with Crippen molar-refractivity contribution >= 4 is 11.8 Å². The van der Waals surface area contributed by atoms with E-state index in [0.717, 1.165) is 28.9 Å². The van der Waals surface area contributed by atoms with E-state index < -0.39 is 23.6 Å². The first kappa shape index (κ1) is 24.8. The third kappa shape index (κ3) is 4.64. The van der Waals surface area contributed by atoms with E-state index in [-0.39, 0.29) is 25.2 Å². The number of para-hydroxylation sites is 1. The van der Waals surface area contributed by atoms with Crippen LogP contribution in [0.3, 0.4) is 0 Å². The van der Waals surface area contributed by atoms with Crippen molar-refractivity contribution in [2.24, 2.45) is 5.73 Å². The lowest BCUT2D eigenvalue weighted by molar-refractivity contribution is -0.189. The third-order valence-corrected chi connectivity index (χ3v) is 6.93. The van der Waals surface area contributed by atoms with E-state index in [1.165, 1.54) is 0 Å². The maximum absolute atomic E-state index is 13.7. The average Bonchev–Trinajstić information content (AvgIpc) is 3.74. The average molecular weight is 526 g/mol. The van der Waals surface area contributed by atoms with Crippen LogP contribution in [0.1, 0.15) is 21.5 Å². The molecule has 10 heteroatoms. The van der Waals surface area contributed by atoms with Crippen LogP contribution in [0.5, 0.6) is 5.75 Å². The Bertz CT molecular complexity index is 1510. The van der Waals surface area contributed by atoms with Gasteiger partial charge in [-0.2, -0.15) is 5.10 Å². The molecule has 4 heterocycles. The van der Waals surface area contributed by atoms with Gasteiger partial charge in [0, 0.05) is 24.4 Å². The highest BCUT2D eigenvalue weighted by molar-refractivity contribution is 5.98. The summed E-state index contributed by atoms with van der Waals surface area (Å²) >= 11 is 0. The van der Waals surface area contributed by atoms with Gasteiger partial charge in [0.2, 0.25) is 0 Å². The quantitative estimate of drug-likeness (QED) is 0.361. The second-order valence-electron chi connectivity index (χ2n) is 9.36. The number of amides is 2. The van der Waals surface area contributed by atoms with Crippen LogP contribution in [-0.4, -0.2) is 58.2 Å². The molecule has 2 aliphatic rings. The molecule has 10 nitrogen and oxygen atoms in total. The van der Waals surface area contributed by atoms with Gasteiger partial charge >= 0.3 is 0 Å². The zero-order chi connectivity index (χ0) is 26.8. The van der Waals surface area contributed by atoms with E-state index in [2.05, 4.69) is 10.3 Å². The summed E-state index contributed by atoms with van der Waals surface area (Å²) < 4.78 is 18.8. The Kier molecular flexibility index (Phi) is 6.55. The van der Waals surface area contributed by atoms with Crippen LogP contribution < -0.4 is 15.8 Å². The summed E-state index contributed by atoms with van der Waals surface area (Å²) in [5, 5.41) is 7.65. The number of ether oxygens (including phenoxy) is 3. The number of pyridine rings is 1. The fourth-order valence-electron chi connectivity index (χ4n) is 5.07. The molecule has 2 amide bonds. The number of rotatable bonds is 8. The Morgan fingerprint density at radius 1 is 1.00 bits per heavy atom. The maximum Gasteiger partial charge on any atom is 0.280 e. The van der Waals surface area contributed by atoms with E-state index in [1.54, 1.807) is 29.2 Å². The number of carbonyl (C=O) groups is 2. The number of benzene rings is 2. The first-order valence-electron chi connectivity index (χ1n) is 12.7. The zero-order valence-electron chi connectivity index (χ0n) is 21.1. The minimum atomic E-state index is -1.79. The third-order valence-electron chi connectivity index (χ3n) is 6.93. The number of hydrogen-bond donors (Lipinski definition) is 2. The van der Waals surface area contributed by atoms with Gasteiger partial charge in [0.1, 0.15) is 5.75 Å². The molecule has 1 unspecified atom stereocenters. The summed E-state index contributed by atoms with van der Waals surface area (Å²) in [5.74, 6) is -1.91. The van der Waals surface area contributed by atoms with Crippen molar-refractivity contribution in [1.82, 2.24) is 20.1 Å². The summed E-state index contributed by atoms with van der Waals surface area (Å²) in [7, 11) is 0. The number of primary amides is 1.